The number of morpholine rings is 1. The zero-order valence-electron chi connectivity index (χ0n) is 16.7. The van der Waals surface area contributed by atoms with Crippen molar-refractivity contribution in [3.8, 4) is 0 Å². The Morgan fingerprint density at radius 3 is 2.63 bits per heavy atom. The molecule has 2 N–H and O–H groups in total. The SMILES string of the molecule is C1=NC(Nc2ccc(N3CCOCC3)cc2)c2cnc(Nc3ccccn3)cc2C1. The Kier molecular flexibility index (Phi) is 5.26. The van der Waals surface area contributed by atoms with Crippen LogP contribution in [0.15, 0.2) is 65.9 Å². The summed E-state index contributed by atoms with van der Waals surface area (Å²) in [4.78, 5) is 15.9. The molecule has 0 spiro atoms. The molecule has 30 heavy (non-hydrogen) atoms. The minimum atomic E-state index is -0.139. The first kappa shape index (κ1) is 18.6. The number of hydrogen-bond acceptors (Lipinski definition) is 7. The number of hydrogen-bond donors (Lipinski definition) is 2. The molecule has 0 aliphatic carbocycles. The standard InChI is InChI=1S/C23H24N6O/c1-2-9-24-21(3-1)28-22-15-17-8-10-25-23(20(17)16-26-22)27-18-4-6-19(7-5-18)29-11-13-30-14-12-29/h1-7,9-10,15-16,23,27H,8,11-14H2,(H,24,26,28). The molecule has 0 amide bonds. The molecule has 4 heterocycles. The van der Waals surface area contributed by atoms with Gasteiger partial charge in [0, 0.05) is 55.1 Å². The molecule has 2 aromatic heterocycles. The van der Waals surface area contributed by atoms with E-state index in [1.54, 1.807) is 6.20 Å². The number of benzene rings is 1. The monoisotopic (exact) mass is 400 g/mol. The third-order valence-electron chi connectivity index (χ3n) is 5.35. The van der Waals surface area contributed by atoms with Gasteiger partial charge >= 0.3 is 0 Å². The Bertz CT molecular complexity index is 1020. The van der Waals surface area contributed by atoms with E-state index in [1.165, 1.54) is 11.3 Å². The van der Waals surface area contributed by atoms with E-state index in [-0.39, 0.29) is 6.17 Å². The van der Waals surface area contributed by atoms with Gasteiger partial charge in [-0.15, -0.1) is 0 Å². The van der Waals surface area contributed by atoms with Crippen molar-refractivity contribution in [2.75, 3.05) is 41.8 Å². The fraction of sp³-hybridized carbons (Fsp3) is 0.261. The molecule has 7 nitrogen and oxygen atoms in total. The lowest BCUT2D eigenvalue weighted by Gasteiger charge is -2.29. The fourth-order valence-corrected chi connectivity index (χ4v) is 3.77. The molecule has 1 atom stereocenters. The summed E-state index contributed by atoms with van der Waals surface area (Å²) >= 11 is 0. The smallest absolute Gasteiger partial charge is 0.146 e. The van der Waals surface area contributed by atoms with Gasteiger partial charge in [0.05, 0.1) is 13.2 Å². The van der Waals surface area contributed by atoms with Gasteiger partial charge in [0.25, 0.3) is 0 Å². The quantitative estimate of drug-likeness (QED) is 0.679. The normalized spacial score (nSPS) is 18.0. The van der Waals surface area contributed by atoms with Gasteiger partial charge in [0.1, 0.15) is 17.8 Å². The number of rotatable bonds is 5. The van der Waals surface area contributed by atoms with Crippen molar-refractivity contribution in [1.29, 1.82) is 0 Å². The van der Waals surface area contributed by atoms with Crippen molar-refractivity contribution >= 4 is 29.2 Å². The Hall–Kier alpha value is -3.45. The summed E-state index contributed by atoms with van der Waals surface area (Å²) in [6.07, 6.45) is 6.28. The molecule has 5 rings (SSSR count). The Labute approximate surface area is 175 Å². The molecule has 1 aromatic carbocycles. The van der Waals surface area contributed by atoms with E-state index < -0.39 is 0 Å². The lowest BCUT2D eigenvalue weighted by Crippen LogP contribution is -2.36. The number of ether oxygens (including phenoxy) is 1. The van der Waals surface area contributed by atoms with Crippen LogP contribution in [0.4, 0.5) is 23.0 Å². The van der Waals surface area contributed by atoms with E-state index in [0.717, 1.165) is 55.6 Å². The zero-order chi connectivity index (χ0) is 20.2. The molecular formula is C23H24N6O. The topological polar surface area (TPSA) is 74.7 Å². The second-order valence-electron chi connectivity index (χ2n) is 7.34. The minimum absolute atomic E-state index is 0.139. The molecule has 1 saturated heterocycles. The van der Waals surface area contributed by atoms with E-state index in [1.807, 2.05) is 30.6 Å². The summed E-state index contributed by atoms with van der Waals surface area (Å²) in [5.41, 5.74) is 4.57. The minimum Gasteiger partial charge on any atom is -0.378 e. The van der Waals surface area contributed by atoms with Crippen LogP contribution in [0.3, 0.4) is 0 Å². The summed E-state index contributed by atoms with van der Waals surface area (Å²) in [5, 5.41) is 6.78. The van der Waals surface area contributed by atoms with Crippen LogP contribution in [-0.4, -0.2) is 42.5 Å². The van der Waals surface area contributed by atoms with Gasteiger partial charge < -0.3 is 20.3 Å². The van der Waals surface area contributed by atoms with Crippen LogP contribution in [0, 0.1) is 0 Å². The number of nitrogens with one attached hydrogen (secondary N) is 2. The zero-order valence-corrected chi connectivity index (χ0v) is 16.7. The van der Waals surface area contributed by atoms with Crippen molar-refractivity contribution in [3.05, 3.63) is 72.1 Å². The van der Waals surface area contributed by atoms with Gasteiger partial charge in [-0.25, -0.2) is 9.97 Å². The third kappa shape index (κ3) is 4.11. The van der Waals surface area contributed by atoms with E-state index in [4.69, 9.17) is 4.74 Å². The second kappa shape index (κ2) is 8.51. The molecule has 2 aliphatic rings. The van der Waals surface area contributed by atoms with Crippen LogP contribution in [0.25, 0.3) is 0 Å². The van der Waals surface area contributed by atoms with Crippen LogP contribution in [0.2, 0.25) is 0 Å². The van der Waals surface area contributed by atoms with Crippen LogP contribution >= 0.6 is 0 Å². The van der Waals surface area contributed by atoms with Gasteiger partial charge in [-0.1, -0.05) is 6.07 Å². The Balaban J connectivity index is 1.29. The van der Waals surface area contributed by atoms with Gasteiger partial charge in [0.2, 0.25) is 0 Å². The average molecular weight is 400 g/mol. The van der Waals surface area contributed by atoms with E-state index in [9.17, 15) is 0 Å². The summed E-state index contributed by atoms with van der Waals surface area (Å²) < 4.78 is 5.44. The predicted molar refractivity (Wildman–Crippen MR) is 120 cm³/mol. The Morgan fingerprint density at radius 1 is 0.967 bits per heavy atom. The molecule has 1 unspecified atom stereocenters. The first-order valence-corrected chi connectivity index (χ1v) is 10.2. The molecular weight excluding hydrogens is 376 g/mol. The number of anilines is 4. The summed E-state index contributed by atoms with van der Waals surface area (Å²) in [6, 6.07) is 16.4. The maximum Gasteiger partial charge on any atom is 0.146 e. The summed E-state index contributed by atoms with van der Waals surface area (Å²) in [5.74, 6) is 1.57. The van der Waals surface area contributed by atoms with Crippen molar-refractivity contribution in [3.63, 3.8) is 0 Å². The molecule has 0 saturated carbocycles. The number of aromatic nitrogens is 2. The molecule has 152 valence electrons. The second-order valence-corrected chi connectivity index (χ2v) is 7.34. The van der Waals surface area contributed by atoms with Gasteiger partial charge in [-0.2, -0.15) is 0 Å². The van der Waals surface area contributed by atoms with E-state index in [0.29, 0.717) is 0 Å². The first-order valence-electron chi connectivity index (χ1n) is 10.2. The molecule has 3 aromatic rings. The molecule has 2 aliphatic heterocycles. The maximum atomic E-state index is 5.44. The number of fused-ring (bicyclic) bond motifs is 1. The lowest BCUT2D eigenvalue weighted by atomic mass is 10.0. The van der Waals surface area contributed by atoms with E-state index in [2.05, 4.69) is 60.8 Å². The average Bonchev–Trinajstić information content (AvgIpc) is 2.81. The van der Waals surface area contributed by atoms with Crippen LogP contribution in [-0.2, 0) is 11.2 Å². The number of aliphatic imine (C=N–C) groups is 1. The van der Waals surface area contributed by atoms with Gasteiger partial charge in [-0.05, 0) is 48.0 Å². The highest BCUT2D eigenvalue weighted by molar-refractivity contribution is 5.68. The highest BCUT2D eigenvalue weighted by atomic mass is 16.5. The predicted octanol–water partition coefficient (Wildman–Crippen LogP) is 3.79. The van der Waals surface area contributed by atoms with Crippen molar-refractivity contribution in [2.24, 2.45) is 4.99 Å². The van der Waals surface area contributed by atoms with Gasteiger partial charge in [0.15, 0.2) is 0 Å². The summed E-state index contributed by atoms with van der Waals surface area (Å²) in [6.45, 7) is 3.46. The first-order chi connectivity index (χ1) is 14.8. The van der Waals surface area contributed by atoms with Crippen LogP contribution < -0.4 is 15.5 Å². The molecule has 1 fully saturated rings. The van der Waals surface area contributed by atoms with Crippen LogP contribution in [0.1, 0.15) is 17.3 Å². The van der Waals surface area contributed by atoms with Crippen LogP contribution in [0.5, 0.6) is 0 Å². The van der Waals surface area contributed by atoms with E-state index >= 15 is 0 Å². The van der Waals surface area contributed by atoms with Crippen molar-refractivity contribution in [2.45, 2.75) is 12.6 Å². The molecule has 0 bridgehead atoms. The molecule has 7 heteroatoms. The number of nitrogens with zero attached hydrogens (tertiary/aromatic N) is 4. The van der Waals surface area contributed by atoms with Crippen molar-refractivity contribution in [1.82, 2.24) is 9.97 Å². The fourth-order valence-electron chi connectivity index (χ4n) is 3.77. The lowest BCUT2D eigenvalue weighted by molar-refractivity contribution is 0.122. The Morgan fingerprint density at radius 2 is 1.83 bits per heavy atom. The van der Waals surface area contributed by atoms with Gasteiger partial charge in [-0.3, -0.25) is 4.99 Å². The number of pyridine rings is 2. The largest absolute Gasteiger partial charge is 0.378 e. The third-order valence-corrected chi connectivity index (χ3v) is 5.35. The van der Waals surface area contributed by atoms with Crippen molar-refractivity contribution < 1.29 is 4.74 Å². The highest BCUT2D eigenvalue weighted by Crippen LogP contribution is 2.29. The maximum absolute atomic E-state index is 5.44. The highest BCUT2D eigenvalue weighted by Gasteiger charge is 2.19. The summed E-state index contributed by atoms with van der Waals surface area (Å²) in [7, 11) is 0. The molecule has 0 radical (unpaired) electrons.